The summed E-state index contributed by atoms with van der Waals surface area (Å²) in [5, 5.41) is 10.9. The molecule has 0 bridgehead atoms. The van der Waals surface area contributed by atoms with Gasteiger partial charge in [0.25, 0.3) is 0 Å². The normalized spacial score (nSPS) is 11.2. The molecule has 0 heterocycles. The van der Waals surface area contributed by atoms with Gasteiger partial charge in [-0.1, -0.05) is 18.2 Å². The number of carboxylic acid groups (broad SMARTS) is 1. The highest BCUT2D eigenvalue weighted by Crippen LogP contribution is 2.25. The zero-order chi connectivity index (χ0) is 12.9. The molecular weight excluding hydrogens is 239 g/mol. The predicted molar refractivity (Wildman–Crippen MR) is 52.5 cm³/mol. The van der Waals surface area contributed by atoms with Gasteiger partial charge in [0.05, 0.1) is 6.54 Å². The van der Waals surface area contributed by atoms with Crippen LogP contribution in [-0.4, -0.2) is 24.0 Å². The third-order valence-electron chi connectivity index (χ3n) is 1.79. The van der Waals surface area contributed by atoms with Crippen LogP contribution >= 0.6 is 0 Å². The fraction of sp³-hybridized carbons (Fsp3) is 0.300. The summed E-state index contributed by atoms with van der Waals surface area (Å²) in [4.78, 5) is 10.2. The van der Waals surface area contributed by atoms with Gasteiger partial charge in [-0.2, -0.15) is 0 Å². The number of nitrogens with one attached hydrogen (secondary N) is 1. The smallest absolute Gasteiger partial charge is 0.480 e. The lowest BCUT2D eigenvalue weighted by atomic mass is 10.2. The molecule has 94 valence electrons. The second-order valence-corrected chi connectivity index (χ2v) is 3.15. The van der Waals surface area contributed by atoms with Crippen molar-refractivity contribution < 1.29 is 27.8 Å². The number of halogens is 3. The van der Waals surface area contributed by atoms with Gasteiger partial charge in [-0.15, -0.1) is 13.2 Å². The fourth-order valence-corrected chi connectivity index (χ4v) is 1.18. The first-order valence-electron chi connectivity index (χ1n) is 4.64. The molecule has 0 saturated heterocycles. The van der Waals surface area contributed by atoms with Crippen LogP contribution in [0.1, 0.15) is 5.56 Å². The van der Waals surface area contributed by atoms with Crippen LogP contribution < -0.4 is 10.1 Å². The molecule has 0 unspecified atom stereocenters. The molecule has 0 atom stereocenters. The molecule has 0 saturated carbocycles. The molecule has 2 N–H and O–H groups in total. The quantitative estimate of drug-likeness (QED) is 0.834. The van der Waals surface area contributed by atoms with E-state index in [-0.39, 0.29) is 24.4 Å². The molecule has 1 rings (SSSR count). The van der Waals surface area contributed by atoms with E-state index < -0.39 is 12.3 Å². The first-order valence-corrected chi connectivity index (χ1v) is 4.64. The molecule has 4 nitrogen and oxygen atoms in total. The fourth-order valence-electron chi connectivity index (χ4n) is 1.18. The number of benzene rings is 1. The van der Waals surface area contributed by atoms with E-state index >= 15 is 0 Å². The first kappa shape index (κ1) is 13.3. The molecule has 1 aromatic rings. The van der Waals surface area contributed by atoms with E-state index in [2.05, 4.69) is 10.1 Å². The third kappa shape index (κ3) is 5.21. The van der Waals surface area contributed by atoms with Crippen molar-refractivity contribution in [3.63, 3.8) is 0 Å². The summed E-state index contributed by atoms with van der Waals surface area (Å²) in [6.45, 7) is -0.348. The van der Waals surface area contributed by atoms with Crippen molar-refractivity contribution in [1.82, 2.24) is 5.32 Å². The van der Waals surface area contributed by atoms with E-state index in [0.717, 1.165) is 0 Å². The maximum Gasteiger partial charge on any atom is 0.573 e. The Hall–Kier alpha value is -1.76. The van der Waals surface area contributed by atoms with E-state index in [0.29, 0.717) is 0 Å². The van der Waals surface area contributed by atoms with Crippen molar-refractivity contribution in [2.45, 2.75) is 12.9 Å². The number of alkyl halides is 3. The maximum absolute atomic E-state index is 12.0. The zero-order valence-corrected chi connectivity index (χ0v) is 8.62. The van der Waals surface area contributed by atoms with E-state index in [1.807, 2.05) is 0 Å². The molecule has 0 fully saturated rings. The van der Waals surface area contributed by atoms with Crippen LogP contribution in [0.5, 0.6) is 5.75 Å². The Morgan fingerprint density at radius 2 is 2.00 bits per heavy atom. The van der Waals surface area contributed by atoms with Crippen molar-refractivity contribution in [3.8, 4) is 5.75 Å². The van der Waals surface area contributed by atoms with Crippen molar-refractivity contribution >= 4 is 5.97 Å². The molecule has 0 aliphatic carbocycles. The number of aliphatic carboxylic acids is 1. The van der Waals surface area contributed by atoms with Crippen molar-refractivity contribution in [2.75, 3.05) is 6.54 Å². The summed E-state index contributed by atoms with van der Waals surface area (Å²) < 4.78 is 39.9. The monoisotopic (exact) mass is 249 g/mol. The van der Waals surface area contributed by atoms with Gasteiger partial charge in [0, 0.05) is 12.1 Å². The summed E-state index contributed by atoms with van der Waals surface area (Å²) in [5.41, 5.74) is 0.242. The molecular formula is C10H10F3NO3. The highest BCUT2D eigenvalue weighted by atomic mass is 19.4. The van der Waals surface area contributed by atoms with E-state index in [4.69, 9.17) is 5.11 Å². The average molecular weight is 249 g/mol. The van der Waals surface area contributed by atoms with Gasteiger partial charge in [0.2, 0.25) is 0 Å². The molecule has 17 heavy (non-hydrogen) atoms. The van der Waals surface area contributed by atoms with Crippen molar-refractivity contribution in [3.05, 3.63) is 29.8 Å². The summed E-state index contributed by atoms with van der Waals surface area (Å²) in [6, 6.07) is 5.55. The second-order valence-electron chi connectivity index (χ2n) is 3.15. The predicted octanol–water partition coefficient (Wildman–Crippen LogP) is 1.76. The summed E-state index contributed by atoms with van der Waals surface area (Å²) >= 11 is 0. The van der Waals surface area contributed by atoms with E-state index in [9.17, 15) is 18.0 Å². The summed E-state index contributed by atoms with van der Waals surface area (Å²) in [5.74, 6) is -1.42. The van der Waals surface area contributed by atoms with Crippen LogP contribution in [0, 0.1) is 0 Å². The summed E-state index contributed by atoms with van der Waals surface area (Å²) in [7, 11) is 0. The average Bonchev–Trinajstić information content (AvgIpc) is 2.17. The number of carboxylic acids is 1. The van der Waals surface area contributed by atoms with Crippen LogP contribution in [0.15, 0.2) is 24.3 Å². The van der Waals surface area contributed by atoms with Gasteiger partial charge in [-0.3, -0.25) is 4.79 Å². The first-order chi connectivity index (χ1) is 7.88. The van der Waals surface area contributed by atoms with Gasteiger partial charge in [0.15, 0.2) is 0 Å². The van der Waals surface area contributed by atoms with Crippen molar-refractivity contribution in [2.24, 2.45) is 0 Å². The van der Waals surface area contributed by atoms with Crippen molar-refractivity contribution in [1.29, 1.82) is 0 Å². The number of hydrogen-bond donors (Lipinski definition) is 2. The minimum Gasteiger partial charge on any atom is -0.480 e. The highest BCUT2D eigenvalue weighted by Gasteiger charge is 2.31. The third-order valence-corrected chi connectivity index (χ3v) is 1.79. The SMILES string of the molecule is O=C(O)CNCc1ccccc1OC(F)(F)F. The number of hydrogen-bond acceptors (Lipinski definition) is 3. The Bertz CT molecular complexity index is 393. The van der Waals surface area contributed by atoms with Crippen LogP contribution in [0.3, 0.4) is 0 Å². The second kappa shape index (κ2) is 5.53. The number of para-hydroxylation sites is 1. The Balaban J connectivity index is 2.67. The minimum atomic E-state index is -4.76. The molecule has 1 aromatic carbocycles. The standard InChI is InChI=1S/C10H10F3NO3/c11-10(12,13)17-8-4-2-1-3-7(8)5-14-6-9(15)16/h1-4,14H,5-6H2,(H,15,16). The number of carbonyl (C=O) groups is 1. The van der Waals surface area contributed by atoms with Gasteiger partial charge >= 0.3 is 12.3 Å². The lowest BCUT2D eigenvalue weighted by molar-refractivity contribution is -0.274. The lowest BCUT2D eigenvalue weighted by Crippen LogP contribution is -2.23. The van der Waals surface area contributed by atoms with Crippen LogP contribution in [0.2, 0.25) is 0 Å². The largest absolute Gasteiger partial charge is 0.573 e. The zero-order valence-electron chi connectivity index (χ0n) is 8.62. The van der Waals surface area contributed by atoms with E-state index in [1.165, 1.54) is 18.2 Å². The van der Waals surface area contributed by atoms with Gasteiger partial charge in [0.1, 0.15) is 5.75 Å². The van der Waals surface area contributed by atoms with Crippen LogP contribution in [-0.2, 0) is 11.3 Å². The molecule has 7 heteroatoms. The molecule has 0 amide bonds. The molecule has 0 aliphatic heterocycles. The summed E-state index contributed by atoms with van der Waals surface area (Å²) in [6.07, 6.45) is -4.76. The number of rotatable bonds is 5. The van der Waals surface area contributed by atoms with Crippen LogP contribution in [0.25, 0.3) is 0 Å². The van der Waals surface area contributed by atoms with Gasteiger partial charge in [-0.05, 0) is 6.07 Å². The molecule has 0 spiro atoms. The molecule has 0 aliphatic rings. The Labute approximate surface area is 95.0 Å². The van der Waals surface area contributed by atoms with Crippen LogP contribution in [0.4, 0.5) is 13.2 Å². The van der Waals surface area contributed by atoms with E-state index in [1.54, 1.807) is 6.07 Å². The molecule has 0 aromatic heterocycles. The Morgan fingerprint density at radius 1 is 1.35 bits per heavy atom. The van der Waals surface area contributed by atoms with Gasteiger partial charge < -0.3 is 15.2 Å². The Morgan fingerprint density at radius 3 is 2.59 bits per heavy atom. The topological polar surface area (TPSA) is 58.6 Å². The minimum absolute atomic E-state index is 0.0153. The van der Waals surface area contributed by atoms with Gasteiger partial charge in [-0.25, -0.2) is 0 Å². The molecule has 0 radical (unpaired) electrons. The number of ether oxygens (including phenoxy) is 1. The lowest BCUT2D eigenvalue weighted by Gasteiger charge is -2.13. The highest BCUT2D eigenvalue weighted by molar-refractivity contribution is 5.69. The maximum atomic E-state index is 12.0. The Kier molecular flexibility index (Phi) is 4.33.